The van der Waals surface area contributed by atoms with Gasteiger partial charge in [-0.2, -0.15) is 0 Å². The SMILES string of the molecule is CC(=O)Nc1nc(COC(=O)Cn2cnc3sccc3c2=O)cs1. The molecule has 0 aliphatic heterocycles. The van der Waals surface area contributed by atoms with Gasteiger partial charge >= 0.3 is 5.97 Å². The zero-order valence-electron chi connectivity index (χ0n) is 12.5. The van der Waals surface area contributed by atoms with E-state index in [-0.39, 0.29) is 24.6 Å². The Hall–Kier alpha value is -2.59. The minimum absolute atomic E-state index is 0.0300. The maximum absolute atomic E-state index is 12.2. The first-order valence-electron chi connectivity index (χ1n) is 6.83. The number of nitrogens with one attached hydrogen (secondary N) is 1. The van der Waals surface area contributed by atoms with Gasteiger partial charge < -0.3 is 10.1 Å². The smallest absolute Gasteiger partial charge is 0.326 e. The van der Waals surface area contributed by atoms with Crippen LogP contribution >= 0.6 is 22.7 Å². The summed E-state index contributed by atoms with van der Waals surface area (Å²) >= 11 is 2.61. The topological polar surface area (TPSA) is 103 Å². The average molecular weight is 364 g/mol. The minimum Gasteiger partial charge on any atom is -0.458 e. The van der Waals surface area contributed by atoms with Crippen LogP contribution in [0.5, 0.6) is 0 Å². The monoisotopic (exact) mass is 364 g/mol. The predicted molar refractivity (Wildman–Crippen MR) is 90.1 cm³/mol. The summed E-state index contributed by atoms with van der Waals surface area (Å²) in [6, 6.07) is 1.68. The summed E-state index contributed by atoms with van der Waals surface area (Å²) < 4.78 is 6.32. The fourth-order valence-corrected chi connectivity index (χ4v) is 3.39. The Morgan fingerprint density at radius 2 is 2.21 bits per heavy atom. The van der Waals surface area contributed by atoms with Crippen molar-refractivity contribution in [1.29, 1.82) is 0 Å². The van der Waals surface area contributed by atoms with Crippen LogP contribution in [0.2, 0.25) is 0 Å². The highest BCUT2D eigenvalue weighted by Gasteiger charge is 2.11. The van der Waals surface area contributed by atoms with Crippen LogP contribution in [0.3, 0.4) is 0 Å². The van der Waals surface area contributed by atoms with Gasteiger partial charge in [-0.15, -0.1) is 22.7 Å². The number of thiophene rings is 1. The molecule has 0 bridgehead atoms. The van der Waals surface area contributed by atoms with Gasteiger partial charge in [-0.1, -0.05) is 0 Å². The Kier molecular flexibility index (Phi) is 4.67. The van der Waals surface area contributed by atoms with Crippen molar-refractivity contribution in [2.45, 2.75) is 20.1 Å². The van der Waals surface area contributed by atoms with Gasteiger partial charge in [0.15, 0.2) is 5.13 Å². The van der Waals surface area contributed by atoms with E-state index in [1.54, 1.807) is 16.8 Å². The van der Waals surface area contributed by atoms with Crippen molar-refractivity contribution in [1.82, 2.24) is 14.5 Å². The molecule has 3 aromatic heterocycles. The van der Waals surface area contributed by atoms with Crippen LogP contribution in [0, 0.1) is 0 Å². The maximum atomic E-state index is 12.2. The highest BCUT2D eigenvalue weighted by atomic mass is 32.1. The Morgan fingerprint density at radius 1 is 1.38 bits per heavy atom. The Bertz CT molecular complexity index is 959. The zero-order chi connectivity index (χ0) is 17.1. The molecule has 0 radical (unpaired) electrons. The summed E-state index contributed by atoms with van der Waals surface area (Å²) in [4.78, 5) is 43.9. The number of carbonyl (C=O) groups excluding carboxylic acids is 2. The lowest BCUT2D eigenvalue weighted by Crippen LogP contribution is -2.25. The summed E-state index contributed by atoms with van der Waals surface area (Å²) in [6.07, 6.45) is 1.33. The van der Waals surface area contributed by atoms with E-state index in [1.165, 1.54) is 40.5 Å². The quantitative estimate of drug-likeness (QED) is 0.690. The summed E-state index contributed by atoms with van der Waals surface area (Å²) in [6.45, 7) is 1.13. The van der Waals surface area contributed by atoms with Crippen LogP contribution in [-0.2, 0) is 27.5 Å². The molecule has 24 heavy (non-hydrogen) atoms. The number of rotatable bonds is 5. The molecule has 1 amide bonds. The molecule has 0 spiro atoms. The molecule has 0 aliphatic carbocycles. The summed E-state index contributed by atoms with van der Waals surface area (Å²) in [5, 5.41) is 6.93. The third-order valence-electron chi connectivity index (χ3n) is 2.97. The Balaban J connectivity index is 1.60. The van der Waals surface area contributed by atoms with Crippen molar-refractivity contribution in [3.63, 3.8) is 0 Å². The molecule has 3 rings (SSSR count). The second-order valence-corrected chi connectivity index (χ2v) is 6.56. The van der Waals surface area contributed by atoms with Crippen LogP contribution in [0.15, 0.2) is 27.9 Å². The normalized spacial score (nSPS) is 10.7. The molecule has 3 heterocycles. The summed E-state index contributed by atoms with van der Waals surface area (Å²) in [5.41, 5.74) is 0.246. The molecular weight excluding hydrogens is 352 g/mol. The molecule has 0 aromatic carbocycles. The van der Waals surface area contributed by atoms with Gasteiger partial charge in [0.1, 0.15) is 18.0 Å². The number of hydrogen-bond acceptors (Lipinski definition) is 8. The number of amides is 1. The van der Waals surface area contributed by atoms with E-state index in [2.05, 4.69) is 15.3 Å². The fourth-order valence-electron chi connectivity index (χ4n) is 1.93. The van der Waals surface area contributed by atoms with Gasteiger partial charge in [-0.3, -0.25) is 19.0 Å². The molecular formula is C14H12N4O4S2. The van der Waals surface area contributed by atoms with E-state index in [1.807, 2.05) is 0 Å². The first-order valence-corrected chi connectivity index (χ1v) is 8.59. The second-order valence-electron chi connectivity index (χ2n) is 4.80. The number of thiazole rings is 1. The predicted octanol–water partition coefficient (Wildman–Crippen LogP) is 1.62. The minimum atomic E-state index is -0.567. The van der Waals surface area contributed by atoms with Crippen molar-refractivity contribution in [3.8, 4) is 0 Å². The van der Waals surface area contributed by atoms with Gasteiger partial charge in [0.2, 0.25) is 5.91 Å². The van der Waals surface area contributed by atoms with Crippen LogP contribution in [0.1, 0.15) is 12.6 Å². The largest absolute Gasteiger partial charge is 0.458 e. The van der Waals surface area contributed by atoms with Gasteiger partial charge in [0.05, 0.1) is 17.4 Å². The van der Waals surface area contributed by atoms with Crippen LogP contribution < -0.4 is 10.9 Å². The highest BCUT2D eigenvalue weighted by Crippen LogP contribution is 2.16. The number of anilines is 1. The van der Waals surface area contributed by atoms with E-state index >= 15 is 0 Å². The number of hydrogen-bond donors (Lipinski definition) is 1. The second kappa shape index (κ2) is 6.89. The Morgan fingerprint density at radius 3 is 3.00 bits per heavy atom. The van der Waals surface area contributed by atoms with E-state index < -0.39 is 5.97 Å². The molecule has 10 heteroatoms. The third kappa shape index (κ3) is 3.66. The number of aromatic nitrogens is 3. The van der Waals surface area contributed by atoms with Crippen molar-refractivity contribution < 1.29 is 14.3 Å². The first-order chi connectivity index (χ1) is 11.5. The number of esters is 1. The molecule has 124 valence electrons. The zero-order valence-corrected chi connectivity index (χ0v) is 14.1. The molecule has 0 saturated carbocycles. The molecule has 1 N–H and O–H groups in total. The van der Waals surface area contributed by atoms with Gasteiger partial charge in [-0.25, -0.2) is 9.97 Å². The van der Waals surface area contributed by atoms with Crippen molar-refractivity contribution in [3.05, 3.63) is 39.2 Å². The standard InChI is InChI=1S/C14H12N4O4S2/c1-8(19)16-14-17-9(6-24-14)5-22-11(20)4-18-7-15-12-10(13(18)21)2-3-23-12/h2-3,6-7H,4-5H2,1H3,(H,16,17,19). The molecule has 0 unspecified atom stereocenters. The van der Waals surface area contributed by atoms with Crippen LogP contribution in [0.4, 0.5) is 5.13 Å². The Labute approximate surface area is 143 Å². The van der Waals surface area contributed by atoms with E-state index in [9.17, 15) is 14.4 Å². The number of fused-ring (bicyclic) bond motifs is 1. The van der Waals surface area contributed by atoms with E-state index in [4.69, 9.17) is 4.74 Å². The number of carbonyl (C=O) groups is 2. The fraction of sp³-hybridized carbons (Fsp3) is 0.214. The van der Waals surface area contributed by atoms with Crippen molar-refractivity contribution in [2.24, 2.45) is 0 Å². The summed E-state index contributed by atoms with van der Waals surface area (Å²) in [5.74, 6) is -0.786. The lowest BCUT2D eigenvalue weighted by Gasteiger charge is -2.05. The average Bonchev–Trinajstić information content (AvgIpc) is 3.17. The van der Waals surface area contributed by atoms with Crippen molar-refractivity contribution >= 4 is 49.9 Å². The van der Waals surface area contributed by atoms with Gasteiger partial charge in [-0.05, 0) is 11.4 Å². The number of ether oxygens (including phenoxy) is 1. The third-order valence-corrected chi connectivity index (χ3v) is 4.59. The molecule has 0 aliphatic rings. The number of nitrogens with zero attached hydrogens (tertiary/aromatic N) is 3. The lowest BCUT2D eigenvalue weighted by atomic mass is 10.4. The van der Waals surface area contributed by atoms with Crippen molar-refractivity contribution in [2.75, 3.05) is 5.32 Å². The molecule has 0 saturated heterocycles. The lowest BCUT2D eigenvalue weighted by molar-refractivity contribution is -0.145. The first kappa shape index (κ1) is 16.3. The molecule has 0 fully saturated rings. The van der Waals surface area contributed by atoms with E-state index in [0.29, 0.717) is 21.0 Å². The van der Waals surface area contributed by atoms with Gasteiger partial charge in [0, 0.05) is 12.3 Å². The highest BCUT2D eigenvalue weighted by molar-refractivity contribution is 7.16. The van der Waals surface area contributed by atoms with Crippen LogP contribution in [-0.4, -0.2) is 26.4 Å². The molecule has 3 aromatic rings. The van der Waals surface area contributed by atoms with Crippen LogP contribution in [0.25, 0.3) is 10.2 Å². The maximum Gasteiger partial charge on any atom is 0.326 e. The molecule has 8 nitrogen and oxygen atoms in total. The molecule has 0 atom stereocenters. The van der Waals surface area contributed by atoms with E-state index in [0.717, 1.165) is 0 Å². The van der Waals surface area contributed by atoms with Gasteiger partial charge in [0.25, 0.3) is 5.56 Å². The summed E-state index contributed by atoms with van der Waals surface area (Å²) in [7, 11) is 0.